The molecular weight excluding hydrogens is 462 g/mol. The minimum atomic E-state index is -0.433. The second-order valence-corrected chi connectivity index (χ2v) is 8.25. The van der Waals surface area contributed by atoms with Gasteiger partial charge in [0.05, 0.1) is 11.4 Å². The highest BCUT2D eigenvalue weighted by Crippen LogP contribution is 2.22. The Balaban J connectivity index is 1.35. The van der Waals surface area contributed by atoms with E-state index in [1.165, 1.54) is 23.7 Å². The molecule has 4 rings (SSSR count). The molecule has 31 heavy (non-hydrogen) atoms. The first-order valence-electron chi connectivity index (χ1n) is 9.07. The molecule has 1 N–H and O–H groups in total. The van der Waals surface area contributed by atoms with Gasteiger partial charge in [0.2, 0.25) is 5.95 Å². The summed E-state index contributed by atoms with van der Waals surface area (Å²) < 4.78 is 20.7. The van der Waals surface area contributed by atoms with Crippen molar-refractivity contribution in [3.8, 4) is 5.75 Å². The minimum absolute atomic E-state index is 0.152. The number of rotatable bonds is 7. The fourth-order valence-electron chi connectivity index (χ4n) is 2.71. The van der Waals surface area contributed by atoms with Crippen molar-refractivity contribution in [2.24, 2.45) is 0 Å². The van der Waals surface area contributed by atoms with Crippen LogP contribution in [0, 0.1) is 5.82 Å². The number of benzene rings is 2. The molecule has 0 fully saturated rings. The first kappa shape index (κ1) is 21.3. The van der Waals surface area contributed by atoms with Gasteiger partial charge in [-0.1, -0.05) is 41.4 Å². The molecule has 2 aromatic heterocycles. The van der Waals surface area contributed by atoms with Gasteiger partial charge in [-0.15, -0.1) is 16.4 Å². The van der Waals surface area contributed by atoms with E-state index in [9.17, 15) is 9.18 Å². The molecule has 0 aliphatic carbocycles. The van der Waals surface area contributed by atoms with Gasteiger partial charge in [0.25, 0.3) is 5.91 Å². The predicted molar refractivity (Wildman–Crippen MR) is 119 cm³/mol. The van der Waals surface area contributed by atoms with E-state index in [0.717, 1.165) is 11.1 Å². The molecule has 158 valence electrons. The lowest BCUT2D eigenvalue weighted by atomic mass is 10.2. The monoisotopic (exact) mass is 476 g/mol. The number of anilines is 1. The average molecular weight is 477 g/mol. The zero-order chi connectivity index (χ0) is 21.8. The second-order valence-electron chi connectivity index (χ2n) is 6.49. The summed E-state index contributed by atoms with van der Waals surface area (Å²) in [5, 5.41) is 9.76. The molecule has 2 aromatic carbocycles. The Morgan fingerprint density at radius 3 is 2.84 bits per heavy atom. The number of amides is 1. The van der Waals surface area contributed by atoms with Crippen molar-refractivity contribution in [2.75, 3.05) is 5.32 Å². The summed E-state index contributed by atoms with van der Waals surface area (Å²) in [5.74, 6) is -0.440. The summed E-state index contributed by atoms with van der Waals surface area (Å²) in [6, 6.07) is 13.1. The van der Waals surface area contributed by atoms with Gasteiger partial charge in [0.15, 0.2) is 11.6 Å². The molecule has 0 aliphatic heterocycles. The van der Waals surface area contributed by atoms with E-state index < -0.39 is 5.82 Å². The third-order valence-corrected chi connectivity index (χ3v) is 5.78. The number of hydrogen-bond donors (Lipinski definition) is 1. The van der Waals surface area contributed by atoms with Crippen LogP contribution in [0.1, 0.15) is 20.8 Å². The summed E-state index contributed by atoms with van der Waals surface area (Å²) in [4.78, 5) is 17.1. The Labute approximate surface area is 191 Å². The fourth-order valence-corrected chi connectivity index (χ4v) is 3.97. The molecule has 10 heteroatoms. The highest BCUT2D eigenvalue weighted by atomic mass is 35.5. The van der Waals surface area contributed by atoms with Gasteiger partial charge < -0.3 is 4.74 Å². The molecule has 0 saturated heterocycles. The maximum atomic E-state index is 13.6. The van der Waals surface area contributed by atoms with Crippen LogP contribution < -0.4 is 10.1 Å². The molecule has 0 saturated carbocycles. The van der Waals surface area contributed by atoms with E-state index in [0.29, 0.717) is 21.5 Å². The maximum absolute atomic E-state index is 13.6. The van der Waals surface area contributed by atoms with Gasteiger partial charge in [0, 0.05) is 15.6 Å². The average Bonchev–Trinajstić information content (AvgIpc) is 3.39. The summed E-state index contributed by atoms with van der Waals surface area (Å²) >= 11 is 13.3. The lowest BCUT2D eigenvalue weighted by Gasteiger charge is -2.05. The van der Waals surface area contributed by atoms with Crippen LogP contribution >= 0.6 is 34.5 Å². The predicted octanol–water partition coefficient (Wildman–Crippen LogP) is 5.67. The number of thiophene rings is 1. The molecular formula is C21H15Cl2FN4O2S. The molecule has 1 amide bonds. The number of nitrogens with zero attached hydrogens (tertiary/aromatic N) is 3. The second kappa shape index (κ2) is 9.47. The molecule has 0 radical (unpaired) electrons. The number of carbonyl (C=O) groups is 1. The Morgan fingerprint density at radius 1 is 1.19 bits per heavy atom. The van der Waals surface area contributed by atoms with E-state index in [1.807, 2.05) is 0 Å². The van der Waals surface area contributed by atoms with Gasteiger partial charge in [-0.05, 0) is 41.3 Å². The molecule has 0 spiro atoms. The SMILES string of the molecule is O=C(Nc1ncn(Cc2ccc(Cl)cc2Cl)n1)c1cc(COc2ccccc2F)cs1. The summed E-state index contributed by atoms with van der Waals surface area (Å²) in [5.41, 5.74) is 1.58. The standard InChI is InChI=1S/C21H15Cl2FN4O2S/c22-15-6-5-14(16(23)8-15)9-28-12-25-21(27-28)26-20(29)19-7-13(11-31-19)10-30-18-4-2-1-3-17(18)24/h1-8,11-12H,9-10H2,(H,26,27,29). The van der Waals surface area contributed by atoms with Crippen molar-refractivity contribution in [3.63, 3.8) is 0 Å². The number of hydrogen-bond acceptors (Lipinski definition) is 5. The van der Waals surface area contributed by atoms with Gasteiger partial charge >= 0.3 is 0 Å². The van der Waals surface area contributed by atoms with Crippen molar-refractivity contribution in [1.82, 2.24) is 14.8 Å². The molecule has 0 aliphatic rings. The number of para-hydroxylation sites is 1. The van der Waals surface area contributed by atoms with E-state index in [4.69, 9.17) is 27.9 Å². The third kappa shape index (κ3) is 5.41. The normalized spacial score (nSPS) is 10.8. The first-order valence-corrected chi connectivity index (χ1v) is 10.7. The van der Waals surface area contributed by atoms with Crippen molar-refractivity contribution in [3.05, 3.63) is 92.1 Å². The topological polar surface area (TPSA) is 69.0 Å². The summed E-state index contributed by atoms with van der Waals surface area (Å²) in [6.07, 6.45) is 1.50. The summed E-state index contributed by atoms with van der Waals surface area (Å²) in [6.45, 7) is 0.537. The number of carbonyl (C=O) groups excluding carboxylic acids is 1. The van der Waals surface area contributed by atoms with Gasteiger partial charge in [-0.3, -0.25) is 10.1 Å². The highest BCUT2D eigenvalue weighted by Gasteiger charge is 2.13. The van der Waals surface area contributed by atoms with Crippen molar-refractivity contribution >= 4 is 46.4 Å². The van der Waals surface area contributed by atoms with Gasteiger partial charge in [0.1, 0.15) is 12.9 Å². The fraction of sp³-hybridized carbons (Fsp3) is 0.0952. The zero-order valence-electron chi connectivity index (χ0n) is 15.9. The Bertz CT molecular complexity index is 1230. The quantitative estimate of drug-likeness (QED) is 0.373. The number of halogens is 3. The largest absolute Gasteiger partial charge is 0.486 e. The lowest BCUT2D eigenvalue weighted by molar-refractivity contribution is 0.102. The Kier molecular flexibility index (Phi) is 6.50. The Morgan fingerprint density at radius 2 is 2.03 bits per heavy atom. The number of ether oxygens (including phenoxy) is 1. The van der Waals surface area contributed by atoms with E-state index in [1.54, 1.807) is 52.5 Å². The molecule has 2 heterocycles. The molecule has 6 nitrogen and oxygen atoms in total. The maximum Gasteiger partial charge on any atom is 0.268 e. The van der Waals surface area contributed by atoms with Crippen LogP contribution in [0.3, 0.4) is 0 Å². The van der Waals surface area contributed by atoms with Crippen LogP contribution in [0.15, 0.2) is 60.2 Å². The van der Waals surface area contributed by atoms with Crippen LogP contribution in [0.2, 0.25) is 10.0 Å². The van der Waals surface area contributed by atoms with Gasteiger partial charge in [-0.2, -0.15) is 0 Å². The zero-order valence-corrected chi connectivity index (χ0v) is 18.2. The molecule has 0 atom stereocenters. The molecule has 0 unspecified atom stereocenters. The van der Waals surface area contributed by atoms with E-state index in [-0.39, 0.29) is 24.2 Å². The van der Waals surface area contributed by atoms with Crippen molar-refractivity contribution in [2.45, 2.75) is 13.2 Å². The smallest absolute Gasteiger partial charge is 0.268 e. The minimum Gasteiger partial charge on any atom is -0.486 e. The van der Waals surface area contributed by atoms with Crippen molar-refractivity contribution < 1.29 is 13.9 Å². The lowest BCUT2D eigenvalue weighted by Crippen LogP contribution is -2.12. The Hall–Kier alpha value is -2.94. The molecule has 4 aromatic rings. The highest BCUT2D eigenvalue weighted by molar-refractivity contribution is 7.12. The van der Waals surface area contributed by atoms with Gasteiger partial charge in [-0.25, -0.2) is 14.1 Å². The van der Waals surface area contributed by atoms with Crippen LogP contribution in [0.4, 0.5) is 10.3 Å². The number of aromatic nitrogens is 3. The van der Waals surface area contributed by atoms with E-state index >= 15 is 0 Å². The van der Waals surface area contributed by atoms with Crippen LogP contribution in [0.5, 0.6) is 5.75 Å². The van der Waals surface area contributed by atoms with Crippen molar-refractivity contribution in [1.29, 1.82) is 0 Å². The molecule has 0 bridgehead atoms. The van der Waals surface area contributed by atoms with Crippen LogP contribution in [0.25, 0.3) is 0 Å². The van der Waals surface area contributed by atoms with Crippen LogP contribution in [-0.2, 0) is 13.2 Å². The van der Waals surface area contributed by atoms with E-state index in [2.05, 4.69) is 15.4 Å². The third-order valence-electron chi connectivity index (χ3n) is 4.22. The number of nitrogens with one attached hydrogen (secondary N) is 1. The first-order chi connectivity index (χ1) is 15.0. The summed E-state index contributed by atoms with van der Waals surface area (Å²) in [7, 11) is 0. The van der Waals surface area contributed by atoms with Crippen LogP contribution in [-0.4, -0.2) is 20.7 Å².